The molecule has 0 saturated carbocycles. The lowest BCUT2D eigenvalue weighted by Gasteiger charge is -2.24. The summed E-state index contributed by atoms with van der Waals surface area (Å²) in [5.74, 6) is -0.282. The molecule has 1 aromatic heterocycles. The van der Waals surface area contributed by atoms with Gasteiger partial charge in [0, 0.05) is 20.2 Å². The number of thiophene rings is 1. The van der Waals surface area contributed by atoms with Crippen molar-refractivity contribution in [1.29, 1.82) is 0 Å². The molecule has 0 aliphatic carbocycles. The first kappa shape index (κ1) is 15.7. The second kappa shape index (κ2) is 7.91. The van der Waals surface area contributed by atoms with Crippen LogP contribution in [0.2, 0.25) is 0 Å². The van der Waals surface area contributed by atoms with Crippen LogP contribution < -0.4 is 0 Å². The maximum Gasteiger partial charge on any atom is 0.295 e. The van der Waals surface area contributed by atoms with E-state index < -0.39 is 0 Å². The molecule has 0 atom stereocenters. The molecule has 1 aromatic rings. The van der Waals surface area contributed by atoms with E-state index in [0.717, 1.165) is 0 Å². The molecular weight excluding hydrogens is 264 g/mol. The van der Waals surface area contributed by atoms with Crippen molar-refractivity contribution in [3.8, 4) is 0 Å². The van der Waals surface area contributed by atoms with E-state index in [2.05, 4.69) is 4.99 Å². The molecule has 0 unspecified atom stereocenters. The van der Waals surface area contributed by atoms with E-state index in [4.69, 9.17) is 9.47 Å². The number of amidine groups is 1. The predicted octanol–water partition coefficient (Wildman–Crippen LogP) is 2.25. The molecule has 106 valence electrons. The van der Waals surface area contributed by atoms with E-state index in [1.165, 1.54) is 11.3 Å². The Morgan fingerprint density at radius 2 is 2.21 bits per heavy atom. The Morgan fingerprint density at radius 1 is 1.47 bits per heavy atom. The Labute approximate surface area is 117 Å². The van der Waals surface area contributed by atoms with E-state index in [1.807, 2.05) is 37.2 Å². The Morgan fingerprint density at radius 3 is 2.74 bits per heavy atom. The normalized spacial score (nSPS) is 11.7. The number of methoxy groups -OCH3 is 1. The number of hydrogen-bond acceptors (Lipinski definition) is 4. The summed E-state index contributed by atoms with van der Waals surface area (Å²) in [6.07, 6.45) is 0. The first-order valence-corrected chi connectivity index (χ1v) is 6.95. The minimum atomic E-state index is -0.282. The molecule has 1 heterocycles. The van der Waals surface area contributed by atoms with Crippen molar-refractivity contribution < 1.29 is 14.3 Å². The van der Waals surface area contributed by atoms with Crippen LogP contribution >= 0.6 is 11.3 Å². The largest absolute Gasteiger partial charge is 0.462 e. The van der Waals surface area contributed by atoms with E-state index in [0.29, 0.717) is 24.1 Å². The van der Waals surface area contributed by atoms with Crippen molar-refractivity contribution in [3.05, 3.63) is 22.4 Å². The van der Waals surface area contributed by atoms with Gasteiger partial charge >= 0.3 is 0 Å². The molecule has 0 aliphatic heterocycles. The van der Waals surface area contributed by atoms with E-state index in [9.17, 15) is 4.79 Å². The number of aliphatic imine (C=N–C) groups is 1. The van der Waals surface area contributed by atoms with Crippen LogP contribution in [-0.4, -0.2) is 50.2 Å². The standard InChI is InChI=1S/C13H20N2O3S/c1-10(2)15(3)13(18-8-7-17-4)14-12(16)11-6-5-9-19-11/h5-6,9-10H,7-8H2,1-4H3. The Balaban J connectivity index is 2.79. The zero-order valence-electron chi connectivity index (χ0n) is 11.8. The van der Waals surface area contributed by atoms with Crippen LogP contribution in [0.4, 0.5) is 0 Å². The number of rotatable bonds is 5. The molecule has 0 spiro atoms. The third kappa shape index (κ3) is 5.00. The molecular formula is C13H20N2O3S. The molecule has 1 rings (SSSR count). The van der Waals surface area contributed by atoms with Crippen molar-refractivity contribution >= 4 is 23.3 Å². The molecule has 0 aromatic carbocycles. The molecule has 6 heteroatoms. The average molecular weight is 284 g/mol. The van der Waals surface area contributed by atoms with Crippen molar-refractivity contribution in [1.82, 2.24) is 4.90 Å². The van der Waals surface area contributed by atoms with Gasteiger partial charge < -0.3 is 14.4 Å². The Hall–Kier alpha value is -1.40. The van der Waals surface area contributed by atoms with E-state index in [1.54, 1.807) is 13.2 Å². The molecule has 0 fully saturated rings. The highest BCUT2D eigenvalue weighted by Gasteiger charge is 2.15. The fourth-order valence-electron chi connectivity index (χ4n) is 1.19. The van der Waals surface area contributed by atoms with Gasteiger partial charge in [-0.1, -0.05) is 6.07 Å². The second-order valence-electron chi connectivity index (χ2n) is 4.22. The smallest absolute Gasteiger partial charge is 0.295 e. The van der Waals surface area contributed by atoms with Crippen molar-refractivity contribution in [2.75, 3.05) is 27.4 Å². The minimum Gasteiger partial charge on any atom is -0.462 e. The maximum absolute atomic E-state index is 12.0. The first-order chi connectivity index (χ1) is 9.06. The third-order valence-corrected chi connectivity index (χ3v) is 3.38. The van der Waals surface area contributed by atoms with Gasteiger partial charge in [-0.05, 0) is 25.3 Å². The summed E-state index contributed by atoms with van der Waals surface area (Å²) in [6, 6.07) is 4.09. The molecule has 5 nitrogen and oxygen atoms in total. The monoisotopic (exact) mass is 284 g/mol. The number of nitrogens with zero attached hydrogens (tertiary/aromatic N) is 2. The average Bonchev–Trinajstić information content (AvgIpc) is 2.90. The van der Waals surface area contributed by atoms with Gasteiger partial charge in [-0.2, -0.15) is 4.99 Å². The van der Waals surface area contributed by atoms with Gasteiger partial charge in [-0.3, -0.25) is 4.79 Å². The van der Waals surface area contributed by atoms with E-state index in [-0.39, 0.29) is 11.9 Å². The molecule has 0 N–H and O–H groups in total. The number of amides is 1. The van der Waals surface area contributed by atoms with Crippen LogP contribution in [0.15, 0.2) is 22.5 Å². The van der Waals surface area contributed by atoms with Gasteiger partial charge in [-0.15, -0.1) is 11.3 Å². The van der Waals surface area contributed by atoms with Crippen LogP contribution in [0, 0.1) is 0 Å². The zero-order chi connectivity index (χ0) is 14.3. The van der Waals surface area contributed by atoms with Gasteiger partial charge in [0.25, 0.3) is 11.9 Å². The van der Waals surface area contributed by atoms with Crippen LogP contribution in [0.3, 0.4) is 0 Å². The summed E-state index contributed by atoms with van der Waals surface area (Å²) in [5.41, 5.74) is 0. The Bertz CT molecular complexity index is 416. The maximum atomic E-state index is 12.0. The summed E-state index contributed by atoms with van der Waals surface area (Å²) in [4.78, 5) is 18.4. The lowest BCUT2D eigenvalue weighted by atomic mass is 10.4. The quantitative estimate of drug-likeness (QED) is 0.473. The van der Waals surface area contributed by atoms with Gasteiger partial charge in [-0.25, -0.2) is 0 Å². The highest BCUT2D eigenvalue weighted by atomic mass is 32.1. The molecule has 0 aliphatic rings. The first-order valence-electron chi connectivity index (χ1n) is 6.07. The highest BCUT2D eigenvalue weighted by Crippen LogP contribution is 2.11. The molecule has 0 saturated heterocycles. The predicted molar refractivity (Wildman–Crippen MR) is 76.8 cm³/mol. The van der Waals surface area contributed by atoms with Gasteiger partial charge in [0.05, 0.1) is 11.5 Å². The summed E-state index contributed by atoms with van der Waals surface area (Å²) in [6.45, 7) is 4.83. The van der Waals surface area contributed by atoms with Gasteiger partial charge in [0.1, 0.15) is 6.61 Å². The summed E-state index contributed by atoms with van der Waals surface area (Å²) < 4.78 is 10.4. The minimum absolute atomic E-state index is 0.192. The van der Waals surface area contributed by atoms with Crippen LogP contribution in [0.1, 0.15) is 23.5 Å². The van der Waals surface area contributed by atoms with Crippen molar-refractivity contribution in [3.63, 3.8) is 0 Å². The second-order valence-corrected chi connectivity index (χ2v) is 5.17. The number of hydrogen-bond donors (Lipinski definition) is 0. The Kier molecular flexibility index (Phi) is 6.52. The fourth-order valence-corrected chi connectivity index (χ4v) is 1.80. The van der Waals surface area contributed by atoms with Crippen LogP contribution in [0.25, 0.3) is 0 Å². The van der Waals surface area contributed by atoms with Gasteiger partial charge in [0.15, 0.2) is 0 Å². The zero-order valence-corrected chi connectivity index (χ0v) is 12.6. The SMILES string of the molecule is COCCOC(=NC(=O)c1cccs1)N(C)C(C)C. The lowest BCUT2D eigenvalue weighted by molar-refractivity contribution is 0.0985. The summed E-state index contributed by atoms with van der Waals surface area (Å²) in [5, 5.41) is 1.85. The molecule has 0 bridgehead atoms. The van der Waals surface area contributed by atoms with E-state index >= 15 is 0 Å². The van der Waals surface area contributed by atoms with Crippen molar-refractivity contribution in [2.45, 2.75) is 19.9 Å². The van der Waals surface area contributed by atoms with Gasteiger partial charge in [0.2, 0.25) is 0 Å². The number of carbonyl (C=O) groups excluding carboxylic acids is 1. The van der Waals surface area contributed by atoms with Crippen molar-refractivity contribution in [2.24, 2.45) is 4.99 Å². The summed E-state index contributed by atoms with van der Waals surface area (Å²) in [7, 11) is 3.45. The van der Waals surface area contributed by atoms with Crippen LogP contribution in [-0.2, 0) is 9.47 Å². The molecule has 1 amide bonds. The fraction of sp³-hybridized carbons (Fsp3) is 0.538. The highest BCUT2D eigenvalue weighted by molar-refractivity contribution is 7.12. The number of ether oxygens (including phenoxy) is 2. The lowest BCUT2D eigenvalue weighted by Crippen LogP contribution is -2.36. The molecule has 19 heavy (non-hydrogen) atoms. The summed E-state index contributed by atoms with van der Waals surface area (Å²) >= 11 is 1.37. The molecule has 0 radical (unpaired) electrons. The van der Waals surface area contributed by atoms with Crippen LogP contribution in [0.5, 0.6) is 0 Å². The topological polar surface area (TPSA) is 51.1 Å². The number of carbonyl (C=O) groups is 1. The third-order valence-electron chi connectivity index (χ3n) is 2.52.